The van der Waals surface area contributed by atoms with E-state index in [-0.39, 0.29) is 5.69 Å². The Kier molecular flexibility index (Phi) is 4.33. The average Bonchev–Trinajstić information content (AvgIpc) is 2.28. The Morgan fingerprint density at radius 1 is 1.53 bits per heavy atom. The zero-order valence-corrected chi connectivity index (χ0v) is 10.1. The van der Waals surface area contributed by atoms with Gasteiger partial charge in [-0.25, -0.2) is 0 Å². The van der Waals surface area contributed by atoms with Crippen LogP contribution in [0.1, 0.15) is 6.92 Å². The number of carboxylic acid groups (broad SMARTS) is 1. The van der Waals surface area contributed by atoms with E-state index in [1.807, 2.05) is 0 Å². The molecule has 7 heteroatoms. The molecule has 1 unspecified atom stereocenters. The molecule has 0 saturated heterocycles. The van der Waals surface area contributed by atoms with Gasteiger partial charge < -0.3 is 9.84 Å². The third-order valence-electron chi connectivity index (χ3n) is 1.97. The zero-order chi connectivity index (χ0) is 13.0. The summed E-state index contributed by atoms with van der Waals surface area (Å²) in [6.45, 7) is 1.51. The van der Waals surface area contributed by atoms with Crippen molar-refractivity contribution >= 4 is 23.4 Å². The van der Waals surface area contributed by atoms with Gasteiger partial charge in [0.25, 0.3) is 5.69 Å². The molecule has 1 aromatic rings. The lowest BCUT2D eigenvalue weighted by molar-refractivity contribution is -0.385. The number of aliphatic carboxylic acids is 1. The molecule has 0 saturated carbocycles. The molecule has 1 rings (SSSR count). The highest BCUT2D eigenvalue weighted by Gasteiger charge is 2.16. The number of nitro groups is 1. The van der Waals surface area contributed by atoms with Gasteiger partial charge in [0.1, 0.15) is 11.0 Å². The Hall–Kier alpha value is -1.76. The van der Waals surface area contributed by atoms with E-state index in [0.29, 0.717) is 10.6 Å². The number of nitrogens with zero attached hydrogens (tertiary/aromatic N) is 1. The lowest BCUT2D eigenvalue weighted by Crippen LogP contribution is -2.11. The highest BCUT2D eigenvalue weighted by Crippen LogP contribution is 2.31. The van der Waals surface area contributed by atoms with Crippen LogP contribution in [0.25, 0.3) is 0 Å². The van der Waals surface area contributed by atoms with Crippen LogP contribution in [0.2, 0.25) is 0 Å². The third kappa shape index (κ3) is 3.63. The average molecular weight is 257 g/mol. The minimum Gasteiger partial charge on any atom is -0.496 e. The van der Waals surface area contributed by atoms with Crippen LogP contribution in [-0.4, -0.2) is 28.4 Å². The minimum atomic E-state index is -0.972. The Morgan fingerprint density at radius 3 is 2.65 bits per heavy atom. The Labute approximate surface area is 102 Å². The molecule has 0 aromatic heterocycles. The van der Waals surface area contributed by atoms with E-state index in [1.165, 1.54) is 26.2 Å². The molecule has 0 spiro atoms. The van der Waals surface area contributed by atoms with Gasteiger partial charge in [0.05, 0.1) is 18.1 Å². The first kappa shape index (κ1) is 13.3. The molecule has 6 nitrogen and oxygen atoms in total. The monoisotopic (exact) mass is 257 g/mol. The van der Waals surface area contributed by atoms with Crippen molar-refractivity contribution in [3.63, 3.8) is 0 Å². The first-order valence-electron chi connectivity index (χ1n) is 4.67. The van der Waals surface area contributed by atoms with Crippen molar-refractivity contribution in [3.8, 4) is 5.75 Å². The number of carboxylic acids is 1. The fraction of sp³-hybridized carbons (Fsp3) is 0.300. The summed E-state index contributed by atoms with van der Waals surface area (Å²) >= 11 is 1.03. The quantitative estimate of drug-likeness (QED) is 0.494. The second kappa shape index (κ2) is 5.53. The van der Waals surface area contributed by atoms with Gasteiger partial charge in [-0.05, 0) is 13.0 Å². The van der Waals surface area contributed by atoms with Gasteiger partial charge in [-0.1, -0.05) is 0 Å². The van der Waals surface area contributed by atoms with Crippen LogP contribution < -0.4 is 4.74 Å². The van der Waals surface area contributed by atoms with E-state index < -0.39 is 16.1 Å². The van der Waals surface area contributed by atoms with Crippen molar-refractivity contribution in [2.45, 2.75) is 17.1 Å². The van der Waals surface area contributed by atoms with Crippen molar-refractivity contribution in [3.05, 3.63) is 28.3 Å². The maximum atomic E-state index is 10.7. The molecule has 0 amide bonds. The summed E-state index contributed by atoms with van der Waals surface area (Å²) in [4.78, 5) is 21.3. The smallest absolute Gasteiger partial charge is 0.316 e. The molecule has 0 heterocycles. The molecule has 0 aliphatic heterocycles. The van der Waals surface area contributed by atoms with Crippen molar-refractivity contribution < 1.29 is 19.6 Å². The Balaban J connectivity index is 3.02. The SMILES string of the molecule is COc1cc(SC(C)C(=O)O)cc([N+](=O)[O-])c1. The molecule has 0 fully saturated rings. The lowest BCUT2D eigenvalue weighted by atomic mass is 10.3. The summed E-state index contributed by atoms with van der Waals surface area (Å²) < 4.78 is 4.92. The van der Waals surface area contributed by atoms with Gasteiger partial charge in [-0.3, -0.25) is 14.9 Å². The Morgan fingerprint density at radius 2 is 2.18 bits per heavy atom. The molecule has 0 radical (unpaired) electrons. The zero-order valence-electron chi connectivity index (χ0n) is 9.25. The summed E-state index contributed by atoms with van der Waals surface area (Å²) in [6, 6.07) is 4.18. The van der Waals surface area contributed by atoms with E-state index in [2.05, 4.69) is 0 Å². The van der Waals surface area contributed by atoms with Gasteiger partial charge in [0.15, 0.2) is 0 Å². The van der Waals surface area contributed by atoms with Crippen LogP contribution in [0.15, 0.2) is 23.1 Å². The second-order valence-electron chi connectivity index (χ2n) is 3.22. The maximum absolute atomic E-state index is 10.7. The highest BCUT2D eigenvalue weighted by atomic mass is 32.2. The standard InChI is InChI=1S/C10H11NO5S/c1-6(10(12)13)17-9-4-7(11(14)15)3-8(5-9)16-2/h3-6H,1-2H3,(H,12,13). The topological polar surface area (TPSA) is 89.7 Å². The van der Waals surface area contributed by atoms with Crippen LogP contribution in [0, 0.1) is 10.1 Å². The van der Waals surface area contributed by atoms with E-state index in [9.17, 15) is 14.9 Å². The maximum Gasteiger partial charge on any atom is 0.316 e. The molecule has 1 aromatic carbocycles. The van der Waals surface area contributed by atoms with Crippen molar-refractivity contribution in [2.24, 2.45) is 0 Å². The number of thioether (sulfide) groups is 1. The summed E-state index contributed by atoms with van der Waals surface area (Å²) in [7, 11) is 1.40. The third-order valence-corrected chi connectivity index (χ3v) is 3.04. The molecule has 1 N–H and O–H groups in total. The van der Waals surface area contributed by atoms with Gasteiger partial charge in [0.2, 0.25) is 0 Å². The number of hydrogen-bond acceptors (Lipinski definition) is 5. The van der Waals surface area contributed by atoms with E-state index in [1.54, 1.807) is 6.07 Å². The van der Waals surface area contributed by atoms with Crippen LogP contribution in [0.3, 0.4) is 0 Å². The number of hydrogen-bond donors (Lipinski definition) is 1. The molecule has 1 atom stereocenters. The summed E-state index contributed by atoms with van der Waals surface area (Å²) in [5, 5.41) is 18.7. The van der Waals surface area contributed by atoms with Crippen molar-refractivity contribution in [1.82, 2.24) is 0 Å². The van der Waals surface area contributed by atoms with Crippen LogP contribution in [0.4, 0.5) is 5.69 Å². The Bertz CT molecular complexity index is 448. The number of carbonyl (C=O) groups is 1. The van der Waals surface area contributed by atoms with Gasteiger partial charge in [0, 0.05) is 11.0 Å². The summed E-state index contributed by atoms with van der Waals surface area (Å²) in [5.74, 6) is -0.639. The summed E-state index contributed by atoms with van der Waals surface area (Å²) in [5.41, 5.74) is -0.121. The second-order valence-corrected chi connectivity index (χ2v) is 4.64. The van der Waals surface area contributed by atoms with Crippen molar-refractivity contribution in [1.29, 1.82) is 0 Å². The van der Waals surface area contributed by atoms with Crippen LogP contribution in [-0.2, 0) is 4.79 Å². The predicted molar refractivity (Wildman–Crippen MR) is 62.6 cm³/mol. The fourth-order valence-corrected chi connectivity index (χ4v) is 1.98. The lowest BCUT2D eigenvalue weighted by Gasteiger charge is -2.07. The normalized spacial score (nSPS) is 11.9. The molecular weight excluding hydrogens is 246 g/mol. The molecule has 0 bridgehead atoms. The molecule has 17 heavy (non-hydrogen) atoms. The minimum absolute atomic E-state index is 0.121. The first-order chi connectivity index (χ1) is 7.93. The van der Waals surface area contributed by atoms with E-state index in [0.717, 1.165) is 11.8 Å². The molecule has 0 aliphatic rings. The largest absolute Gasteiger partial charge is 0.496 e. The molecular formula is C10H11NO5S. The number of nitro benzene ring substituents is 1. The van der Waals surface area contributed by atoms with Gasteiger partial charge in [-0.15, -0.1) is 11.8 Å². The van der Waals surface area contributed by atoms with E-state index >= 15 is 0 Å². The van der Waals surface area contributed by atoms with Crippen molar-refractivity contribution in [2.75, 3.05) is 7.11 Å². The summed E-state index contributed by atoms with van der Waals surface area (Å²) in [6.07, 6.45) is 0. The molecule has 0 aliphatic carbocycles. The number of non-ortho nitro benzene ring substituents is 1. The van der Waals surface area contributed by atoms with Gasteiger partial charge in [-0.2, -0.15) is 0 Å². The number of methoxy groups -OCH3 is 1. The van der Waals surface area contributed by atoms with Crippen LogP contribution >= 0.6 is 11.8 Å². The number of ether oxygens (including phenoxy) is 1. The van der Waals surface area contributed by atoms with E-state index in [4.69, 9.17) is 9.84 Å². The number of rotatable bonds is 5. The first-order valence-corrected chi connectivity index (χ1v) is 5.55. The predicted octanol–water partition coefficient (Wildman–Crippen LogP) is 2.17. The number of benzene rings is 1. The molecule has 92 valence electrons. The fourth-order valence-electron chi connectivity index (χ4n) is 1.10. The van der Waals surface area contributed by atoms with Gasteiger partial charge >= 0.3 is 5.97 Å². The highest BCUT2D eigenvalue weighted by molar-refractivity contribution is 8.00. The van der Waals surface area contributed by atoms with Crippen LogP contribution in [0.5, 0.6) is 5.75 Å².